The van der Waals surface area contributed by atoms with Crippen LogP contribution in [0.5, 0.6) is 0 Å². The lowest BCUT2D eigenvalue weighted by atomic mass is 10.1. The van der Waals surface area contributed by atoms with E-state index < -0.39 is 0 Å². The molecule has 1 aromatic carbocycles. The van der Waals surface area contributed by atoms with Gasteiger partial charge in [0.15, 0.2) is 5.82 Å². The van der Waals surface area contributed by atoms with E-state index in [9.17, 15) is 0 Å². The van der Waals surface area contributed by atoms with E-state index in [2.05, 4.69) is 35.1 Å². The molecule has 0 radical (unpaired) electrons. The number of rotatable bonds is 4. The highest BCUT2D eigenvalue weighted by molar-refractivity contribution is 7.07. The van der Waals surface area contributed by atoms with Gasteiger partial charge in [-0.25, -0.2) is 9.97 Å². The van der Waals surface area contributed by atoms with E-state index in [1.807, 2.05) is 10.9 Å². The maximum Gasteiger partial charge on any atom is 0.158 e. The van der Waals surface area contributed by atoms with Gasteiger partial charge in [-0.05, 0) is 24.5 Å². The second-order valence-corrected chi connectivity index (χ2v) is 5.09. The van der Waals surface area contributed by atoms with Gasteiger partial charge in [0.05, 0.1) is 16.5 Å². The minimum absolute atomic E-state index is 0.871. The van der Waals surface area contributed by atoms with Crippen molar-refractivity contribution in [2.75, 3.05) is 0 Å². The topological polar surface area (TPSA) is 41.6 Å². The van der Waals surface area contributed by atoms with E-state index in [1.54, 1.807) is 11.3 Å². The summed E-state index contributed by atoms with van der Waals surface area (Å²) >= 11 is 1.59. The molecule has 3 nitrogen and oxygen atoms in total. The van der Waals surface area contributed by atoms with E-state index in [-0.39, 0.29) is 0 Å². The van der Waals surface area contributed by atoms with Crippen molar-refractivity contribution in [3.05, 3.63) is 34.7 Å². The smallest absolute Gasteiger partial charge is 0.158 e. The second kappa shape index (κ2) is 4.90. The first kappa shape index (κ1) is 11.4. The van der Waals surface area contributed by atoms with Crippen LogP contribution in [0, 0.1) is 0 Å². The lowest BCUT2D eigenvalue weighted by Crippen LogP contribution is -1.86. The third kappa shape index (κ3) is 2.04. The number of para-hydroxylation sites is 1. The Bertz CT molecular complexity index is 640. The summed E-state index contributed by atoms with van der Waals surface area (Å²) in [6.07, 6.45) is 3.51. The van der Waals surface area contributed by atoms with Crippen LogP contribution in [0.1, 0.15) is 25.3 Å². The fourth-order valence-corrected chi connectivity index (χ4v) is 2.65. The molecule has 0 saturated heterocycles. The fourth-order valence-electron chi connectivity index (χ4n) is 2.11. The Balaban J connectivity index is 2.06. The normalized spacial score (nSPS) is 11.2. The highest BCUT2D eigenvalue weighted by atomic mass is 32.1. The van der Waals surface area contributed by atoms with Crippen LogP contribution in [0.2, 0.25) is 0 Å². The number of imidazole rings is 1. The molecule has 0 amide bonds. The summed E-state index contributed by atoms with van der Waals surface area (Å²) in [6.45, 7) is 2.21. The molecule has 0 unspecified atom stereocenters. The van der Waals surface area contributed by atoms with Crippen LogP contribution in [0.4, 0.5) is 0 Å². The maximum atomic E-state index is 4.70. The number of unbranched alkanes of at least 4 members (excludes halogenated alkanes) is 1. The van der Waals surface area contributed by atoms with E-state index in [0.717, 1.165) is 29.0 Å². The zero-order valence-electron chi connectivity index (χ0n) is 10.3. The molecule has 1 N–H and O–H groups in total. The first-order valence-electron chi connectivity index (χ1n) is 6.24. The van der Waals surface area contributed by atoms with Gasteiger partial charge in [0, 0.05) is 5.38 Å². The summed E-state index contributed by atoms with van der Waals surface area (Å²) in [5.74, 6) is 0.871. The van der Waals surface area contributed by atoms with Crippen molar-refractivity contribution in [2.45, 2.75) is 26.2 Å². The van der Waals surface area contributed by atoms with Crippen LogP contribution in [0.25, 0.3) is 22.6 Å². The Morgan fingerprint density at radius 3 is 3.06 bits per heavy atom. The minimum atomic E-state index is 0.871. The molecule has 3 aromatic rings. The second-order valence-electron chi connectivity index (χ2n) is 4.38. The number of hydrogen-bond acceptors (Lipinski definition) is 3. The van der Waals surface area contributed by atoms with Gasteiger partial charge >= 0.3 is 0 Å². The zero-order chi connectivity index (χ0) is 12.4. The number of aryl methyl sites for hydroxylation is 1. The Kier molecular flexibility index (Phi) is 3.11. The number of nitrogens with one attached hydrogen (secondary N) is 1. The monoisotopic (exact) mass is 257 g/mol. The predicted octanol–water partition coefficient (Wildman–Crippen LogP) is 4.03. The highest BCUT2D eigenvalue weighted by Gasteiger charge is 2.09. The van der Waals surface area contributed by atoms with Crippen molar-refractivity contribution in [1.82, 2.24) is 15.0 Å². The Morgan fingerprint density at radius 1 is 1.33 bits per heavy atom. The van der Waals surface area contributed by atoms with E-state index in [4.69, 9.17) is 4.98 Å². The molecule has 0 bridgehead atoms. The molecule has 0 aliphatic heterocycles. The van der Waals surface area contributed by atoms with Crippen molar-refractivity contribution in [3.8, 4) is 11.5 Å². The van der Waals surface area contributed by atoms with Crippen LogP contribution in [0.3, 0.4) is 0 Å². The quantitative estimate of drug-likeness (QED) is 0.766. The Hall–Kier alpha value is -1.68. The van der Waals surface area contributed by atoms with E-state index in [1.165, 1.54) is 18.4 Å². The van der Waals surface area contributed by atoms with Crippen molar-refractivity contribution in [3.63, 3.8) is 0 Å². The molecule has 92 valence electrons. The number of H-pyrrole nitrogens is 1. The van der Waals surface area contributed by atoms with Crippen LogP contribution in [-0.2, 0) is 6.42 Å². The fraction of sp³-hybridized carbons (Fsp3) is 0.286. The van der Waals surface area contributed by atoms with Crippen molar-refractivity contribution < 1.29 is 0 Å². The van der Waals surface area contributed by atoms with Gasteiger partial charge in [-0.1, -0.05) is 25.5 Å². The van der Waals surface area contributed by atoms with Crippen LogP contribution < -0.4 is 0 Å². The van der Waals surface area contributed by atoms with Crippen molar-refractivity contribution >= 4 is 22.4 Å². The van der Waals surface area contributed by atoms with E-state index >= 15 is 0 Å². The highest BCUT2D eigenvalue weighted by Crippen LogP contribution is 2.23. The molecule has 2 heterocycles. The number of hydrogen-bond donors (Lipinski definition) is 1. The van der Waals surface area contributed by atoms with E-state index in [0.29, 0.717) is 0 Å². The lowest BCUT2D eigenvalue weighted by Gasteiger charge is -1.99. The molecule has 3 rings (SSSR count). The van der Waals surface area contributed by atoms with Gasteiger partial charge < -0.3 is 4.98 Å². The molecule has 4 heteroatoms. The molecular formula is C14H15N3S. The maximum absolute atomic E-state index is 4.70. The molecule has 2 aromatic heterocycles. The summed E-state index contributed by atoms with van der Waals surface area (Å²) in [7, 11) is 0. The van der Waals surface area contributed by atoms with Crippen molar-refractivity contribution in [2.24, 2.45) is 0 Å². The van der Waals surface area contributed by atoms with Gasteiger partial charge in [-0.3, -0.25) is 0 Å². The SMILES string of the molecule is CCCCc1cccc2[nH]c(-c3cscn3)nc12. The van der Waals surface area contributed by atoms with Gasteiger partial charge in [-0.2, -0.15) is 0 Å². The third-order valence-corrected chi connectivity index (χ3v) is 3.66. The summed E-state index contributed by atoms with van der Waals surface area (Å²) in [6, 6.07) is 6.34. The molecule has 0 saturated carbocycles. The predicted molar refractivity (Wildman–Crippen MR) is 75.8 cm³/mol. The number of thiazole rings is 1. The average molecular weight is 257 g/mol. The number of aromatic amines is 1. The first-order valence-corrected chi connectivity index (χ1v) is 7.19. The van der Waals surface area contributed by atoms with Crippen LogP contribution >= 0.6 is 11.3 Å². The standard InChI is InChI=1S/C14H15N3S/c1-2-3-5-10-6-4-7-11-13(10)17-14(16-11)12-8-18-9-15-12/h4,6-9H,2-3,5H2,1H3,(H,16,17). The van der Waals surface area contributed by atoms with Gasteiger partial charge in [0.25, 0.3) is 0 Å². The largest absolute Gasteiger partial charge is 0.337 e. The molecule has 0 aliphatic carbocycles. The summed E-state index contributed by atoms with van der Waals surface area (Å²) in [5.41, 5.74) is 6.28. The van der Waals surface area contributed by atoms with Crippen LogP contribution in [-0.4, -0.2) is 15.0 Å². The number of benzene rings is 1. The van der Waals surface area contributed by atoms with Crippen LogP contribution in [0.15, 0.2) is 29.1 Å². The summed E-state index contributed by atoms with van der Waals surface area (Å²) in [5, 5.41) is 2.02. The number of nitrogens with zero attached hydrogens (tertiary/aromatic N) is 2. The summed E-state index contributed by atoms with van der Waals surface area (Å²) in [4.78, 5) is 12.3. The lowest BCUT2D eigenvalue weighted by molar-refractivity contribution is 0.798. The number of fused-ring (bicyclic) bond motifs is 1. The first-order chi connectivity index (χ1) is 8.88. The molecule has 0 aliphatic rings. The molecule has 0 spiro atoms. The third-order valence-electron chi connectivity index (χ3n) is 3.07. The molecule has 0 atom stereocenters. The Morgan fingerprint density at radius 2 is 2.28 bits per heavy atom. The van der Waals surface area contributed by atoms with Gasteiger partial charge in [0.1, 0.15) is 5.69 Å². The van der Waals surface area contributed by atoms with Gasteiger partial charge in [0.2, 0.25) is 0 Å². The van der Waals surface area contributed by atoms with Crippen molar-refractivity contribution in [1.29, 1.82) is 0 Å². The molecule has 0 fully saturated rings. The zero-order valence-corrected chi connectivity index (χ0v) is 11.1. The molecular weight excluding hydrogens is 242 g/mol. The minimum Gasteiger partial charge on any atom is -0.337 e. The average Bonchev–Trinajstić information content (AvgIpc) is 3.03. The van der Waals surface area contributed by atoms with Gasteiger partial charge in [-0.15, -0.1) is 11.3 Å². The summed E-state index contributed by atoms with van der Waals surface area (Å²) < 4.78 is 0. The number of aromatic nitrogens is 3. The molecule has 18 heavy (non-hydrogen) atoms. The Labute approximate surface area is 110 Å².